The average molecular weight is 476 g/mol. The quantitative estimate of drug-likeness (QED) is 0.458. The van der Waals surface area contributed by atoms with Gasteiger partial charge in [-0.1, -0.05) is 42.5 Å². The third-order valence-corrected chi connectivity index (χ3v) is 6.50. The second-order valence-electron chi connectivity index (χ2n) is 9.25. The highest BCUT2D eigenvalue weighted by molar-refractivity contribution is 5.82. The molecule has 1 N–H and O–H groups in total. The molecule has 1 fully saturated rings. The summed E-state index contributed by atoms with van der Waals surface area (Å²) in [6, 6.07) is 22.6. The molecule has 1 aliphatic heterocycles. The Labute approximate surface area is 207 Å². The minimum atomic E-state index is -0.222. The molecule has 0 aliphatic carbocycles. The largest absolute Gasteiger partial charge is 0.489 e. The van der Waals surface area contributed by atoms with Gasteiger partial charge in [0.15, 0.2) is 0 Å². The Bertz CT molecular complexity index is 1120. The van der Waals surface area contributed by atoms with E-state index in [9.17, 15) is 9.18 Å². The Morgan fingerprint density at radius 2 is 1.86 bits per heavy atom. The number of hydrogen-bond donors (Lipinski definition) is 1. The van der Waals surface area contributed by atoms with E-state index >= 15 is 0 Å². The first-order chi connectivity index (χ1) is 17.0. The van der Waals surface area contributed by atoms with Crippen LogP contribution < -0.4 is 15.0 Å². The number of benzene rings is 3. The molecule has 3 aromatic carbocycles. The molecule has 1 amide bonds. The number of hydrogen-bond acceptors (Lipinski definition) is 4. The second kappa shape index (κ2) is 11.8. The number of likely N-dealkylation sites (tertiary alicyclic amines) is 1. The van der Waals surface area contributed by atoms with Gasteiger partial charge in [0.1, 0.15) is 18.2 Å². The molecule has 1 saturated heterocycles. The fraction of sp³-hybridized carbons (Fsp3) is 0.345. The summed E-state index contributed by atoms with van der Waals surface area (Å²) in [5.41, 5.74) is 4.35. The van der Waals surface area contributed by atoms with Crippen molar-refractivity contribution in [1.29, 1.82) is 0 Å². The second-order valence-corrected chi connectivity index (χ2v) is 9.25. The molecule has 0 radical (unpaired) electrons. The van der Waals surface area contributed by atoms with Crippen LogP contribution in [0.5, 0.6) is 5.75 Å². The third-order valence-electron chi connectivity index (χ3n) is 6.50. The van der Waals surface area contributed by atoms with Crippen molar-refractivity contribution in [3.05, 3.63) is 95.3 Å². The highest BCUT2D eigenvalue weighted by atomic mass is 19.1. The lowest BCUT2D eigenvalue weighted by Crippen LogP contribution is -2.43. The predicted octanol–water partition coefficient (Wildman–Crippen LogP) is 4.79. The number of nitrogens with zero attached hydrogens (tertiary/aromatic N) is 2. The van der Waals surface area contributed by atoms with Gasteiger partial charge in [0, 0.05) is 38.4 Å². The number of rotatable bonds is 10. The molecule has 0 bridgehead atoms. The van der Waals surface area contributed by atoms with E-state index in [-0.39, 0.29) is 17.8 Å². The fourth-order valence-corrected chi connectivity index (χ4v) is 4.60. The van der Waals surface area contributed by atoms with Crippen LogP contribution in [-0.2, 0) is 24.4 Å². The zero-order valence-electron chi connectivity index (χ0n) is 20.5. The normalized spacial score (nSPS) is 15.7. The summed E-state index contributed by atoms with van der Waals surface area (Å²) in [5.74, 6) is 0.625. The van der Waals surface area contributed by atoms with E-state index in [0.717, 1.165) is 60.5 Å². The Morgan fingerprint density at radius 1 is 1.06 bits per heavy atom. The molecular weight excluding hydrogens is 441 g/mol. The maximum Gasteiger partial charge on any atom is 0.237 e. The number of carbonyl (C=O) groups is 1. The summed E-state index contributed by atoms with van der Waals surface area (Å²) >= 11 is 0. The lowest BCUT2D eigenvalue weighted by atomic mass is 10.1. The van der Waals surface area contributed by atoms with Gasteiger partial charge in [0.05, 0.1) is 6.04 Å². The summed E-state index contributed by atoms with van der Waals surface area (Å²) in [6.07, 6.45) is 2.68. The summed E-state index contributed by atoms with van der Waals surface area (Å²) in [6.45, 7) is 2.65. The standard InChI is InChI=1S/C29H34FN3O2/c1-32(2)27-10-4-3-8-24(27)21-35-26-9-5-7-23(19-26)20-31-29(34)28-11-6-17-33(28)18-16-22-12-14-25(30)15-13-22/h3-5,7-10,12-15,19,28H,6,11,16-18,20-21H2,1-2H3,(H,31,34). The summed E-state index contributed by atoms with van der Waals surface area (Å²) in [5, 5.41) is 3.11. The molecule has 0 spiro atoms. The number of anilines is 1. The van der Waals surface area contributed by atoms with Crippen molar-refractivity contribution in [1.82, 2.24) is 10.2 Å². The molecule has 0 saturated carbocycles. The van der Waals surface area contributed by atoms with E-state index in [1.54, 1.807) is 0 Å². The smallest absolute Gasteiger partial charge is 0.237 e. The van der Waals surface area contributed by atoms with Gasteiger partial charge in [-0.2, -0.15) is 0 Å². The van der Waals surface area contributed by atoms with Gasteiger partial charge in [0.2, 0.25) is 5.91 Å². The molecule has 1 unspecified atom stereocenters. The molecule has 4 rings (SSSR count). The van der Waals surface area contributed by atoms with Crippen molar-refractivity contribution < 1.29 is 13.9 Å². The molecular formula is C29H34FN3O2. The van der Waals surface area contributed by atoms with E-state index in [2.05, 4.69) is 27.2 Å². The van der Waals surface area contributed by atoms with Crippen LogP contribution in [0, 0.1) is 5.82 Å². The van der Waals surface area contributed by atoms with E-state index in [1.165, 1.54) is 12.1 Å². The van der Waals surface area contributed by atoms with E-state index < -0.39 is 0 Å². The monoisotopic (exact) mass is 475 g/mol. The van der Waals surface area contributed by atoms with Gasteiger partial charge in [-0.15, -0.1) is 0 Å². The maximum absolute atomic E-state index is 13.1. The highest BCUT2D eigenvalue weighted by Gasteiger charge is 2.30. The van der Waals surface area contributed by atoms with E-state index in [1.807, 2.05) is 62.6 Å². The lowest BCUT2D eigenvalue weighted by molar-refractivity contribution is -0.125. The van der Waals surface area contributed by atoms with Gasteiger partial charge in [-0.25, -0.2) is 4.39 Å². The highest BCUT2D eigenvalue weighted by Crippen LogP contribution is 2.22. The van der Waals surface area contributed by atoms with Crippen LogP contribution in [0.2, 0.25) is 0 Å². The predicted molar refractivity (Wildman–Crippen MR) is 138 cm³/mol. The molecule has 35 heavy (non-hydrogen) atoms. The molecule has 6 heteroatoms. The molecule has 1 aliphatic rings. The maximum atomic E-state index is 13.1. The Kier molecular flexibility index (Phi) is 8.37. The van der Waals surface area contributed by atoms with Gasteiger partial charge in [-0.05, 0) is 67.3 Å². The van der Waals surface area contributed by atoms with Crippen molar-refractivity contribution in [3.8, 4) is 5.75 Å². The SMILES string of the molecule is CN(C)c1ccccc1COc1cccc(CNC(=O)C2CCCN2CCc2ccc(F)cc2)c1. The number of para-hydroxylation sites is 1. The van der Waals surface area contributed by atoms with Crippen molar-refractivity contribution in [2.75, 3.05) is 32.1 Å². The lowest BCUT2D eigenvalue weighted by Gasteiger charge is -2.23. The van der Waals surface area contributed by atoms with Crippen LogP contribution in [0.4, 0.5) is 10.1 Å². The van der Waals surface area contributed by atoms with Gasteiger partial charge in [-0.3, -0.25) is 9.69 Å². The number of amides is 1. The minimum Gasteiger partial charge on any atom is -0.489 e. The van der Waals surface area contributed by atoms with Crippen molar-refractivity contribution in [2.24, 2.45) is 0 Å². The summed E-state index contributed by atoms with van der Waals surface area (Å²) in [4.78, 5) is 17.3. The zero-order valence-corrected chi connectivity index (χ0v) is 20.5. The van der Waals surface area contributed by atoms with Gasteiger partial charge in [0.25, 0.3) is 0 Å². The topological polar surface area (TPSA) is 44.8 Å². The first-order valence-electron chi connectivity index (χ1n) is 12.2. The molecule has 3 aromatic rings. The first-order valence-corrected chi connectivity index (χ1v) is 12.2. The van der Waals surface area contributed by atoms with Crippen LogP contribution in [0.3, 0.4) is 0 Å². The molecule has 1 heterocycles. The van der Waals surface area contributed by atoms with Crippen LogP contribution in [0.25, 0.3) is 0 Å². The number of nitrogens with one attached hydrogen (secondary N) is 1. The van der Waals surface area contributed by atoms with Gasteiger partial charge < -0.3 is 15.0 Å². The number of halogens is 1. The number of carbonyl (C=O) groups excluding carboxylic acids is 1. The molecule has 1 atom stereocenters. The molecule has 184 valence electrons. The zero-order chi connectivity index (χ0) is 24.6. The Balaban J connectivity index is 1.28. The Hall–Kier alpha value is -3.38. The van der Waals surface area contributed by atoms with Crippen molar-refractivity contribution in [3.63, 3.8) is 0 Å². The van der Waals surface area contributed by atoms with Crippen LogP contribution in [-0.4, -0.2) is 44.0 Å². The van der Waals surface area contributed by atoms with Crippen LogP contribution >= 0.6 is 0 Å². The van der Waals surface area contributed by atoms with Crippen molar-refractivity contribution in [2.45, 2.75) is 38.5 Å². The van der Waals surface area contributed by atoms with E-state index in [4.69, 9.17) is 4.74 Å². The summed E-state index contributed by atoms with van der Waals surface area (Å²) < 4.78 is 19.2. The van der Waals surface area contributed by atoms with Crippen molar-refractivity contribution >= 4 is 11.6 Å². The van der Waals surface area contributed by atoms with Crippen LogP contribution in [0.1, 0.15) is 29.5 Å². The average Bonchev–Trinajstić information content (AvgIpc) is 3.35. The number of ether oxygens (including phenoxy) is 1. The van der Waals surface area contributed by atoms with Crippen LogP contribution in [0.15, 0.2) is 72.8 Å². The Morgan fingerprint density at radius 3 is 2.66 bits per heavy atom. The van der Waals surface area contributed by atoms with Gasteiger partial charge >= 0.3 is 0 Å². The summed E-state index contributed by atoms with van der Waals surface area (Å²) in [7, 11) is 4.05. The minimum absolute atomic E-state index is 0.0628. The fourth-order valence-electron chi connectivity index (χ4n) is 4.60. The molecule has 0 aromatic heterocycles. The first kappa shape index (κ1) is 24.7. The third kappa shape index (κ3) is 6.83. The van der Waals surface area contributed by atoms with E-state index in [0.29, 0.717) is 13.2 Å². The molecule has 5 nitrogen and oxygen atoms in total.